The first-order valence-corrected chi connectivity index (χ1v) is 14.1. The molecule has 1 fully saturated rings. The van der Waals surface area contributed by atoms with Gasteiger partial charge in [-0.05, 0) is 73.7 Å². The smallest absolute Gasteiger partial charge is 0.261 e. The number of para-hydroxylation sites is 1. The number of hydrogen-bond acceptors (Lipinski definition) is 4. The zero-order chi connectivity index (χ0) is 25.7. The Hall–Kier alpha value is -3.32. The Morgan fingerprint density at radius 2 is 1.58 bits per heavy atom. The van der Waals surface area contributed by atoms with Crippen LogP contribution in [0.5, 0.6) is 0 Å². The molecule has 3 aromatic rings. The predicted molar refractivity (Wildman–Crippen MR) is 146 cm³/mol. The third-order valence-corrected chi connectivity index (χ3v) is 8.18. The summed E-state index contributed by atoms with van der Waals surface area (Å²) in [5.41, 5.74) is 5.30. The maximum absolute atomic E-state index is 13.4. The van der Waals surface area contributed by atoms with Gasteiger partial charge >= 0.3 is 0 Å². The van der Waals surface area contributed by atoms with Crippen molar-refractivity contribution in [2.24, 2.45) is 0 Å². The molecule has 0 spiro atoms. The van der Waals surface area contributed by atoms with Crippen molar-refractivity contribution in [1.82, 2.24) is 4.90 Å². The summed E-state index contributed by atoms with van der Waals surface area (Å²) in [4.78, 5) is 17.6. The molecule has 1 heterocycles. The van der Waals surface area contributed by atoms with Crippen LogP contribution in [-0.4, -0.2) is 45.4 Å². The van der Waals surface area contributed by atoms with Crippen molar-refractivity contribution in [3.63, 3.8) is 0 Å². The molecule has 0 aromatic heterocycles. The number of nitrogens with zero attached hydrogens (tertiary/aromatic N) is 2. The predicted octanol–water partition coefficient (Wildman–Crippen LogP) is 5.41. The molecule has 7 heteroatoms. The van der Waals surface area contributed by atoms with Gasteiger partial charge in [0.15, 0.2) is 0 Å². The summed E-state index contributed by atoms with van der Waals surface area (Å²) in [6.07, 6.45) is 3.20. The van der Waals surface area contributed by atoms with Gasteiger partial charge in [0.1, 0.15) is 0 Å². The second-order valence-corrected chi connectivity index (χ2v) is 11.1. The van der Waals surface area contributed by atoms with E-state index in [1.807, 2.05) is 36.1 Å². The Kier molecular flexibility index (Phi) is 7.99. The second-order valence-electron chi connectivity index (χ2n) is 9.45. The molecule has 190 valence electrons. The van der Waals surface area contributed by atoms with Crippen LogP contribution in [0.3, 0.4) is 0 Å². The lowest BCUT2D eigenvalue weighted by Gasteiger charge is -2.37. The molecule has 0 aliphatic carbocycles. The summed E-state index contributed by atoms with van der Waals surface area (Å²) in [7, 11) is -3.83. The van der Waals surface area contributed by atoms with E-state index < -0.39 is 10.0 Å². The molecular formula is C29H35N3O3S. The molecule has 6 nitrogen and oxygen atoms in total. The summed E-state index contributed by atoms with van der Waals surface area (Å²) in [5, 5.41) is 0. The van der Waals surface area contributed by atoms with Crippen LogP contribution in [0.2, 0.25) is 0 Å². The van der Waals surface area contributed by atoms with E-state index in [1.54, 1.807) is 24.3 Å². The molecular weight excluding hydrogens is 470 g/mol. The lowest BCUT2D eigenvalue weighted by atomic mass is 10.1. The number of carbonyl (C=O) groups excluding carboxylic acids is 1. The van der Waals surface area contributed by atoms with Crippen LogP contribution < -0.4 is 9.62 Å². The highest BCUT2D eigenvalue weighted by atomic mass is 32.2. The minimum Gasteiger partial charge on any atom is -0.368 e. The molecule has 1 saturated heterocycles. The Morgan fingerprint density at radius 3 is 2.25 bits per heavy atom. The second kappa shape index (κ2) is 11.2. The largest absolute Gasteiger partial charge is 0.368 e. The number of anilines is 2. The number of amides is 1. The third kappa shape index (κ3) is 5.90. The Balaban J connectivity index is 1.46. The minimum atomic E-state index is -3.83. The van der Waals surface area contributed by atoms with Gasteiger partial charge in [-0.2, -0.15) is 0 Å². The highest BCUT2D eigenvalue weighted by Gasteiger charge is 2.25. The van der Waals surface area contributed by atoms with Gasteiger partial charge in [-0.25, -0.2) is 8.42 Å². The number of nitrogens with one attached hydrogen (secondary N) is 1. The summed E-state index contributed by atoms with van der Waals surface area (Å²) in [6, 6.07) is 20.5. The first-order valence-electron chi connectivity index (χ1n) is 12.6. The van der Waals surface area contributed by atoms with Crippen molar-refractivity contribution in [1.29, 1.82) is 0 Å². The quantitative estimate of drug-likeness (QED) is 0.445. The van der Waals surface area contributed by atoms with Crippen molar-refractivity contribution >= 4 is 27.3 Å². The molecule has 0 atom stereocenters. The number of rotatable bonds is 8. The maximum atomic E-state index is 13.4. The first-order chi connectivity index (χ1) is 17.3. The molecule has 36 heavy (non-hydrogen) atoms. The van der Waals surface area contributed by atoms with Crippen LogP contribution in [-0.2, 0) is 16.4 Å². The van der Waals surface area contributed by atoms with E-state index in [2.05, 4.69) is 35.6 Å². The average molecular weight is 506 g/mol. The van der Waals surface area contributed by atoms with Gasteiger partial charge < -0.3 is 9.80 Å². The van der Waals surface area contributed by atoms with Gasteiger partial charge in [0, 0.05) is 43.1 Å². The van der Waals surface area contributed by atoms with Crippen LogP contribution in [0.25, 0.3) is 0 Å². The number of carbonyl (C=O) groups is 1. The van der Waals surface area contributed by atoms with Crippen molar-refractivity contribution in [3.05, 3.63) is 89.0 Å². The van der Waals surface area contributed by atoms with E-state index in [9.17, 15) is 13.2 Å². The van der Waals surface area contributed by atoms with Crippen LogP contribution >= 0.6 is 0 Å². The Bertz CT molecular complexity index is 1310. The molecule has 0 saturated carbocycles. The fraction of sp³-hybridized carbons (Fsp3) is 0.345. The number of piperazine rings is 1. The highest BCUT2D eigenvalue weighted by Crippen LogP contribution is 2.24. The molecule has 0 bridgehead atoms. The zero-order valence-corrected chi connectivity index (χ0v) is 22.1. The summed E-state index contributed by atoms with van der Waals surface area (Å²) < 4.78 is 28.9. The summed E-state index contributed by atoms with van der Waals surface area (Å²) in [5.74, 6) is -0.130. The molecule has 0 radical (unpaired) electrons. The molecule has 3 aromatic carbocycles. The van der Waals surface area contributed by atoms with E-state index in [0.717, 1.165) is 37.9 Å². The SMILES string of the molecule is CCCCc1ccc(NS(=O)(=O)c2ccc(C)c(C(=O)N3CCN(c4ccccc4C)CC3)c2)cc1. The van der Waals surface area contributed by atoms with Gasteiger partial charge in [0.05, 0.1) is 4.90 Å². The molecule has 0 unspecified atom stereocenters. The van der Waals surface area contributed by atoms with E-state index in [-0.39, 0.29) is 10.8 Å². The topological polar surface area (TPSA) is 69.7 Å². The monoisotopic (exact) mass is 505 g/mol. The lowest BCUT2D eigenvalue weighted by Crippen LogP contribution is -2.49. The molecule has 1 aliphatic rings. The number of hydrogen-bond donors (Lipinski definition) is 1. The van der Waals surface area contributed by atoms with Crippen molar-refractivity contribution in [2.45, 2.75) is 44.9 Å². The van der Waals surface area contributed by atoms with Gasteiger partial charge in [-0.3, -0.25) is 9.52 Å². The van der Waals surface area contributed by atoms with E-state index >= 15 is 0 Å². The van der Waals surface area contributed by atoms with Crippen molar-refractivity contribution < 1.29 is 13.2 Å². The number of aryl methyl sites for hydroxylation is 3. The molecule has 1 aliphatic heterocycles. The normalized spacial score (nSPS) is 14.1. The fourth-order valence-electron chi connectivity index (χ4n) is 4.57. The molecule has 1 amide bonds. The van der Waals surface area contributed by atoms with Gasteiger partial charge in [-0.1, -0.05) is 49.7 Å². The summed E-state index contributed by atoms with van der Waals surface area (Å²) >= 11 is 0. The Morgan fingerprint density at radius 1 is 0.889 bits per heavy atom. The lowest BCUT2D eigenvalue weighted by molar-refractivity contribution is 0.0746. The molecule has 1 N–H and O–H groups in total. The van der Waals surface area contributed by atoms with E-state index in [0.29, 0.717) is 24.3 Å². The number of sulfonamides is 1. The highest BCUT2D eigenvalue weighted by molar-refractivity contribution is 7.92. The van der Waals surface area contributed by atoms with Crippen molar-refractivity contribution in [2.75, 3.05) is 35.8 Å². The Labute approximate surface area is 215 Å². The zero-order valence-electron chi connectivity index (χ0n) is 21.3. The average Bonchev–Trinajstić information content (AvgIpc) is 2.88. The van der Waals surface area contributed by atoms with Gasteiger partial charge in [0.25, 0.3) is 15.9 Å². The first kappa shape index (κ1) is 25.8. The van der Waals surface area contributed by atoms with Crippen LogP contribution in [0.4, 0.5) is 11.4 Å². The van der Waals surface area contributed by atoms with Crippen LogP contribution in [0.1, 0.15) is 46.8 Å². The minimum absolute atomic E-state index is 0.0880. The third-order valence-electron chi connectivity index (χ3n) is 6.80. The standard InChI is InChI=1S/C29H35N3O3S/c1-4-5-9-24-12-14-25(15-13-24)30-36(34,35)26-16-11-22(2)27(21-26)29(33)32-19-17-31(18-20-32)28-10-7-6-8-23(28)3/h6-8,10-16,21,30H,4-5,9,17-20H2,1-3H3. The van der Waals surface area contributed by atoms with Crippen molar-refractivity contribution in [3.8, 4) is 0 Å². The van der Waals surface area contributed by atoms with Crippen LogP contribution in [0.15, 0.2) is 71.6 Å². The maximum Gasteiger partial charge on any atom is 0.261 e. The summed E-state index contributed by atoms with van der Waals surface area (Å²) in [6.45, 7) is 8.74. The molecule has 4 rings (SSSR count). The fourth-order valence-corrected chi connectivity index (χ4v) is 5.66. The van der Waals surface area contributed by atoms with Gasteiger partial charge in [-0.15, -0.1) is 0 Å². The number of unbranched alkanes of at least 4 members (excludes halogenated alkanes) is 1. The van der Waals surface area contributed by atoms with E-state index in [4.69, 9.17) is 0 Å². The number of benzene rings is 3. The van der Waals surface area contributed by atoms with Crippen LogP contribution in [0, 0.1) is 13.8 Å². The van der Waals surface area contributed by atoms with E-state index in [1.165, 1.54) is 22.9 Å². The van der Waals surface area contributed by atoms with Gasteiger partial charge in [0.2, 0.25) is 0 Å².